The predicted octanol–water partition coefficient (Wildman–Crippen LogP) is 2.14. The molecule has 0 fully saturated rings. The standard InChI is InChI=1S/C18H19N3O4/c1-20(10-9-17(19)22)18(23)12-13-3-2-4-15(11-13)14-5-7-16(8-6-14)21(24)25/h2-8,11H,9-10,12H2,1H3,(H2,19,22). The fourth-order valence-corrected chi connectivity index (χ4v) is 2.35. The average Bonchev–Trinajstić information content (AvgIpc) is 2.59. The van der Waals surface area contributed by atoms with Gasteiger partial charge < -0.3 is 10.6 Å². The number of rotatable bonds is 7. The van der Waals surface area contributed by atoms with Gasteiger partial charge in [0.2, 0.25) is 11.8 Å². The van der Waals surface area contributed by atoms with Crippen LogP contribution in [-0.2, 0) is 16.0 Å². The smallest absolute Gasteiger partial charge is 0.269 e. The first-order valence-electron chi connectivity index (χ1n) is 7.73. The number of hydrogen-bond acceptors (Lipinski definition) is 4. The molecule has 2 aromatic rings. The molecule has 0 aliphatic rings. The quantitative estimate of drug-likeness (QED) is 0.615. The van der Waals surface area contributed by atoms with E-state index in [1.807, 2.05) is 24.3 Å². The monoisotopic (exact) mass is 341 g/mol. The van der Waals surface area contributed by atoms with E-state index in [4.69, 9.17) is 5.73 Å². The third-order valence-electron chi connectivity index (χ3n) is 3.81. The van der Waals surface area contributed by atoms with E-state index >= 15 is 0 Å². The normalized spacial score (nSPS) is 10.3. The van der Waals surface area contributed by atoms with Crippen LogP contribution in [0.2, 0.25) is 0 Å². The van der Waals surface area contributed by atoms with Crippen molar-refractivity contribution in [1.29, 1.82) is 0 Å². The molecule has 0 unspecified atom stereocenters. The molecule has 0 bridgehead atoms. The number of nitrogens with two attached hydrogens (primary N) is 1. The van der Waals surface area contributed by atoms with Gasteiger partial charge in [-0.2, -0.15) is 0 Å². The molecule has 2 aromatic carbocycles. The number of benzene rings is 2. The number of carbonyl (C=O) groups is 2. The highest BCUT2D eigenvalue weighted by Crippen LogP contribution is 2.23. The number of nitro benzene ring substituents is 1. The summed E-state index contributed by atoms with van der Waals surface area (Å²) in [6, 6.07) is 13.7. The van der Waals surface area contributed by atoms with Gasteiger partial charge in [-0.25, -0.2) is 0 Å². The van der Waals surface area contributed by atoms with Gasteiger partial charge in [-0.3, -0.25) is 19.7 Å². The molecule has 0 heterocycles. The second kappa shape index (κ2) is 8.05. The molecule has 0 spiro atoms. The third-order valence-corrected chi connectivity index (χ3v) is 3.81. The van der Waals surface area contributed by atoms with Crippen molar-refractivity contribution in [2.75, 3.05) is 13.6 Å². The van der Waals surface area contributed by atoms with Gasteiger partial charge in [-0.1, -0.05) is 24.3 Å². The fourth-order valence-electron chi connectivity index (χ4n) is 2.35. The molecule has 130 valence electrons. The first kappa shape index (κ1) is 18.1. The maximum atomic E-state index is 12.2. The predicted molar refractivity (Wildman–Crippen MR) is 93.7 cm³/mol. The van der Waals surface area contributed by atoms with Gasteiger partial charge in [0.15, 0.2) is 0 Å². The average molecular weight is 341 g/mol. The van der Waals surface area contributed by atoms with Crippen LogP contribution < -0.4 is 5.73 Å². The Labute approximate surface area is 145 Å². The summed E-state index contributed by atoms with van der Waals surface area (Å²) in [5, 5.41) is 10.7. The van der Waals surface area contributed by atoms with Gasteiger partial charge in [0.05, 0.1) is 11.3 Å². The minimum atomic E-state index is -0.445. The van der Waals surface area contributed by atoms with E-state index in [1.165, 1.54) is 17.0 Å². The molecule has 0 saturated heterocycles. The summed E-state index contributed by atoms with van der Waals surface area (Å²) in [6.07, 6.45) is 0.334. The molecule has 7 heteroatoms. The molecule has 2 rings (SSSR count). The molecule has 2 amide bonds. The van der Waals surface area contributed by atoms with E-state index in [-0.39, 0.29) is 31.0 Å². The summed E-state index contributed by atoms with van der Waals surface area (Å²) in [4.78, 5) is 34.7. The van der Waals surface area contributed by atoms with Crippen LogP contribution in [0.3, 0.4) is 0 Å². The Morgan fingerprint density at radius 1 is 1.12 bits per heavy atom. The van der Waals surface area contributed by atoms with Crippen molar-refractivity contribution in [2.45, 2.75) is 12.8 Å². The zero-order valence-electron chi connectivity index (χ0n) is 13.8. The number of hydrogen-bond donors (Lipinski definition) is 1. The van der Waals surface area contributed by atoms with E-state index in [0.29, 0.717) is 0 Å². The largest absolute Gasteiger partial charge is 0.370 e. The number of nitrogens with zero attached hydrogens (tertiary/aromatic N) is 2. The van der Waals surface area contributed by atoms with Gasteiger partial charge in [0.1, 0.15) is 0 Å². The Hall–Kier alpha value is -3.22. The Morgan fingerprint density at radius 3 is 2.40 bits per heavy atom. The topological polar surface area (TPSA) is 107 Å². The zero-order chi connectivity index (χ0) is 18.4. The number of likely N-dealkylation sites (N-methyl/N-ethyl adjacent to an activating group) is 1. The molecular weight excluding hydrogens is 322 g/mol. The summed E-state index contributed by atoms with van der Waals surface area (Å²) in [5.41, 5.74) is 7.66. The minimum absolute atomic E-state index is 0.0335. The van der Waals surface area contributed by atoms with Crippen molar-refractivity contribution in [2.24, 2.45) is 5.73 Å². The second-order valence-electron chi connectivity index (χ2n) is 5.71. The van der Waals surface area contributed by atoms with Crippen molar-refractivity contribution in [1.82, 2.24) is 4.90 Å². The molecule has 0 saturated carbocycles. The van der Waals surface area contributed by atoms with Gasteiger partial charge >= 0.3 is 0 Å². The summed E-state index contributed by atoms with van der Waals surface area (Å²) < 4.78 is 0. The minimum Gasteiger partial charge on any atom is -0.370 e. The Kier molecular flexibility index (Phi) is 5.84. The van der Waals surface area contributed by atoms with Crippen LogP contribution in [0, 0.1) is 10.1 Å². The van der Waals surface area contributed by atoms with E-state index in [2.05, 4.69) is 0 Å². The first-order valence-corrected chi connectivity index (χ1v) is 7.73. The third kappa shape index (κ3) is 5.13. The van der Waals surface area contributed by atoms with Crippen LogP contribution >= 0.6 is 0 Å². The van der Waals surface area contributed by atoms with Gasteiger partial charge in [0.25, 0.3) is 5.69 Å². The Morgan fingerprint density at radius 2 is 1.80 bits per heavy atom. The van der Waals surface area contributed by atoms with E-state index in [1.54, 1.807) is 19.2 Å². The van der Waals surface area contributed by atoms with Crippen molar-refractivity contribution in [3.63, 3.8) is 0 Å². The van der Waals surface area contributed by atoms with Gasteiger partial charge in [0, 0.05) is 32.1 Å². The highest BCUT2D eigenvalue weighted by molar-refractivity contribution is 5.80. The van der Waals surface area contributed by atoms with Crippen molar-refractivity contribution in [3.05, 3.63) is 64.2 Å². The number of non-ortho nitro benzene ring substituents is 1. The molecule has 0 radical (unpaired) electrons. The molecule has 2 N–H and O–H groups in total. The highest BCUT2D eigenvalue weighted by atomic mass is 16.6. The molecule has 25 heavy (non-hydrogen) atoms. The number of nitro groups is 1. The Bertz CT molecular complexity index is 787. The van der Waals surface area contributed by atoms with Crippen LogP contribution in [0.4, 0.5) is 5.69 Å². The lowest BCUT2D eigenvalue weighted by Crippen LogP contribution is -2.31. The number of carbonyl (C=O) groups excluding carboxylic acids is 2. The lowest BCUT2D eigenvalue weighted by atomic mass is 10.0. The molecule has 0 aliphatic heterocycles. The van der Waals surface area contributed by atoms with E-state index in [0.717, 1.165) is 16.7 Å². The molecular formula is C18H19N3O4. The van der Waals surface area contributed by atoms with Crippen LogP contribution in [0.5, 0.6) is 0 Å². The van der Waals surface area contributed by atoms with Crippen LogP contribution in [0.1, 0.15) is 12.0 Å². The maximum absolute atomic E-state index is 12.2. The first-order chi connectivity index (χ1) is 11.9. The number of primary amides is 1. The summed E-state index contributed by atoms with van der Waals surface area (Å²) in [7, 11) is 1.63. The maximum Gasteiger partial charge on any atom is 0.269 e. The summed E-state index contributed by atoms with van der Waals surface area (Å²) >= 11 is 0. The summed E-state index contributed by atoms with van der Waals surface area (Å²) in [6.45, 7) is 0.288. The SMILES string of the molecule is CN(CCC(N)=O)C(=O)Cc1cccc(-c2ccc([N+](=O)[O-])cc2)c1. The molecule has 7 nitrogen and oxygen atoms in total. The fraction of sp³-hybridized carbons (Fsp3) is 0.222. The highest BCUT2D eigenvalue weighted by Gasteiger charge is 2.11. The van der Waals surface area contributed by atoms with Crippen LogP contribution in [0.15, 0.2) is 48.5 Å². The molecule has 0 aliphatic carbocycles. The van der Waals surface area contributed by atoms with E-state index in [9.17, 15) is 19.7 Å². The summed E-state index contributed by atoms with van der Waals surface area (Å²) in [5.74, 6) is -0.554. The van der Waals surface area contributed by atoms with Crippen molar-refractivity contribution < 1.29 is 14.5 Å². The van der Waals surface area contributed by atoms with Gasteiger partial charge in [-0.05, 0) is 28.8 Å². The lowest BCUT2D eigenvalue weighted by molar-refractivity contribution is -0.384. The van der Waals surface area contributed by atoms with Crippen molar-refractivity contribution >= 4 is 17.5 Å². The molecule has 0 aromatic heterocycles. The Balaban J connectivity index is 2.09. The van der Waals surface area contributed by atoms with Crippen LogP contribution in [-0.4, -0.2) is 35.2 Å². The zero-order valence-corrected chi connectivity index (χ0v) is 13.8. The van der Waals surface area contributed by atoms with Crippen molar-refractivity contribution in [3.8, 4) is 11.1 Å². The van der Waals surface area contributed by atoms with Gasteiger partial charge in [-0.15, -0.1) is 0 Å². The number of amides is 2. The lowest BCUT2D eigenvalue weighted by Gasteiger charge is -2.16. The van der Waals surface area contributed by atoms with Crippen LogP contribution in [0.25, 0.3) is 11.1 Å². The van der Waals surface area contributed by atoms with E-state index < -0.39 is 10.8 Å². The molecule has 0 atom stereocenters. The second-order valence-corrected chi connectivity index (χ2v) is 5.71.